The molecule has 1 aliphatic heterocycles. The van der Waals surface area contributed by atoms with Crippen LogP contribution in [0.5, 0.6) is 0 Å². The molecule has 9 heteroatoms. The van der Waals surface area contributed by atoms with Gasteiger partial charge in [-0.25, -0.2) is 4.68 Å². The van der Waals surface area contributed by atoms with Crippen LogP contribution in [0.25, 0.3) is 5.69 Å². The zero-order valence-electron chi connectivity index (χ0n) is 23.3. The average molecular weight is 544 g/mol. The first-order chi connectivity index (χ1) is 19.5. The maximum atomic E-state index is 13.0. The second-order valence-corrected chi connectivity index (χ2v) is 10.7. The maximum Gasteiger partial charge on any atom is 0.259 e. The van der Waals surface area contributed by atoms with Crippen LogP contribution in [0.3, 0.4) is 0 Å². The van der Waals surface area contributed by atoms with E-state index in [2.05, 4.69) is 21.5 Å². The van der Waals surface area contributed by atoms with Crippen molar-refractivity contribution in [2.24, 2.45) is 0 Å². The highest BCUT2D eigenvalue weighted by Gasteiger charge is 2.38. The first-order valence-corrected chi connectivity index (χ1v) is 14.1. The predicted molar refractivity (Wildman–Crippen MR) is 150 cm³/mol. The molecule has 0 spiro atoms. The number of anilines is 1. The Morgan fingerprint density at radius 2 is 1.85 bits per heavy atom. The number of aryl methyl sites for hydroxylation is 1. The molecule has 210 valence electrons. The number of rotatable bonds is 9. The Balaban J connectivity index is 1.13. The summed E-state index contributed by atoms with van der Waals surface area (Å²) in [4.78, 5) is 17.6. The molecule has 1 N–H and O–H groups in total. The zero-order valence-corrected chi connectivity index (χ0v) is 23.3. The summed E-state index contributed by atoms with van der Waals surface area (Å²) in [7, 11) is 0. The van der Waals surface area contributed by atoms with E-state index in [1.807, 2.05) is 50.2 Å². The number of carbonyl (C=O) groups is 1. The van der Waals surface area contributed by atoms with Crippen LogP contribution in [0.2, 0.25) is 0 Å². The molecule has 0 radical (unpaired) electrons. The van der Waals surface area contributed by atoms with Crippen LogP contribution in [-0.2, 0) is 19.6 Å². The fraction of sp³-hybridized carbons (Fsp3) is 0.484. The molecule has 40 heavy (non-hydrogen) atoms. The molecule has 0 bridgehead atoms. The number of hydrogen-bond acceptors (Lipinski definition) is 7. The van der Waals surface area contributed by atoms with Gasteiger partial charge in [0.1, 0.15) is 0 Å². The molecule has 9 nitrogen and oxygen atoms in total. The molecule has 3 aromatic rings. The van der Waals surface area contributed by atoms with E-state index in [1.54, 1.807) is 17.1 Å². The van der Waals surface area contributed by atoms with Gasteiger partial charge < -0.3 is 19.5 Å². The molecule has 1 aromatic carbocycles. The fourth-order valence-corrected chi connectivity index (χ4v) is 5.44. The number of carbonyl (C=O) groups excluding carboxylic acids is 1. The van der Waals surface area contributed by atoms with E-state index in [0.717, 1.165) is 61.3 Å². The number of amides is 1. The van der Waals surface area contributed by atoms with E-state index in [-0.39, 0.29) is 18.3 Å². The molecule has 1 unspecified atom stereocenters. The first kappa shape index (κ1) is 28.0. The van der Waals surface area contributed by atoms with Gasteiger partial charge in [-0.3, -0.25) is 9.78 Å². The molecule has 2 fully saturated rings. The lowest BCUT2D eigenvalue weighted by atomic mass is 9.72. The number of ether oxygens (including phenoxy) is 3. The van der Waals surface area contributed by atoms with Gasteiger partial charge in [-0.1, -0.05) is 17.7 Å². The van der Waals surface area contributed by atoms with Crippen LogP contribution >= 0.6 is 0 Å². The predicted octanol–water partition coefficient (Wildman–Crippen LogP) is 5.40. The SMILES string of the molecule is Cc1ccc(-n2ncc(C(=O)Nc3ccc([C@]4(C#N)CC[C@@H](OCCOC5CCCCO5)CC4)nc3)c2C)cc1. The molecule has 2 aliphatic rings. The Kier molecular flexibility index (Phi) is 8.90. The van der Waals surface area contributed by atoms with E-state index in [4.69, 9.17) is 14.2 Å². The molecule has 1 saturated heterocycles. The van der Waals surface area contributed by atoms with Crippen molar-refractivity contribution in [2.75, 3.05) is 25.1 Å². The van der Waals surface area contributed by atoms with Crippen LogP contribution in [0.1, 0.15) is 72.3 Å². The topological polar surface area (TPSA) is 111 Å². The first-order valence-electron chi connectivity index (χ1n) is 14.1. The number of hydrogen-bond donors (Lipinski definition) is 1. The van der Waals surface area contributed by atoms with Gasteiger partial charge in [-0.05, 0) is 83.1 Å². The molecule has 2 aromatic heterocycles. The van der Waals surface area contributed by atoms with Crippen molar-refractivity contribution in [1.82, 2.24) is 14.8 Å². The van der Waals surface area contributed by atoms with Crippen molar-refractivity contribution in [3.63, 3.8) is 0 Å². The van der Waals surface area contributed by atoms with Gasteiger partial charge in [0.15, 0.2) is 6.29 Å². The summed E-state index contributed by atoms with van der Waals surface area (Å²) in [5.74, 6) is -0.253. The monoisotopic (exact) mass is 543 g/mol. The summed E-state index contributed by atoms with van der Waals surface area (Å²) in [6.45, 7) is 5.72. The number of pyridine rings is 1. The van der Waals surface area contributed by atoms with E-state index < -0.39 is 5.41 Å². The van der Waals surface area contributed by atoms with Crippen molar-refractivity contribution in [1.29, 1.82) is 5.26 Å². The molecule has 5 rings (SSSR count). The van der Waals surface area contributed by atoms with Gasteiger partial charge in [0.2, 0.25) is 0 Å². The third-order valence-corrected chi connectivity index (χ3v) is 7.92. The van der Waals surface area contributed by atoms with Crippen LogP contribution < -0.4 is 5.32 Å². The van der Waals surface area contributed by atoms with E-state index in [0.29, 0.717) is 37.3 Å². The van der Waals surface area contributed by atoms with Crippen molar-refractivity contribution in [2.45, 2.75) is 76.6 Å². The number of nitriles is 1. The molecule has 3 heterocycles. The van der Waals surface area contributed by atoms with Crippen LogP contribution in [-0.4, -0.2) is 52.9 Å². The standard InChI is InChI=1S/C31H37N5O4/c1-22-6-9-25(10-7-22)36-23(2)27(20-34-36)30(37)35-24-8-11-28(33-19-24)31(21-32)14-12-26(13-15-31)38-17-18-40-29-5-3-4-16-39-29/h6-11,19-20,26,29H,3-5,12-18H2,1-2H3,(H,35,37)/t26-,29?,31-. The number of aromatic nitrogens is 3. The summed E-state index contributed by atoms with van der Waals surface area (Å²) in [6, 6.07) is 14.2. The molecular formula is C31H37N5O4. The highest BCUT2D eigenvalue weighted by Crippen LogP contribution is 2.39. The quantitative estimate of drug-likeness (QED) is 0.360. The van der Waals surface area contributed by atoms with Crippen LogP contribution in [0, 0.1) is 25.2 Å². The van der Waals surface area contributed by atoms with E-state index in [9.17, 15) is 10.1 Å². The summed E-state index contributed by atoms with van der Waals surface area (Å²) in [5, 5.41) is 17.4. The van der Waals surface area contributed by atoms with Crippen molar-refractivity contribution in [3.8, 4) is 11.8 Å². The molecule has 1 atom stereocenters. The Morgan fingerprint density at radius 3 is 2.52 bits per heavy atom. The Labute approximate surface area is 235 Å². The van der Waals surface area contributed by atoms with Gasteiger partial charge in [0, 0.05) is 6.61 Å². The Morgan fingerprint density at radius 1 is 1.07 bits per heavy atom. The molecule has 1 aliphatic carbocycles. The summed E-state index contributed by atoms with van der Waals surface area (Å²) < 4.78 is 19.1. The molecular weight excluding hydrogens is 506 g/mol. The van der Waals surface area contributed by atoms with Crippen LogP contribution in [0.4, 0.5) is 5.69 Å². The van der Waals surface area contributed by atoms with Crippen molar-refractivity contribution >= 4 is 11.6 Å². The minimum absolute atomic E-state index is 0.103. The number of nitrogens with one attached hydrogen (secondary N) is 1. The smallest absolute Gasteiger partial charge is 0.259 e. The summed E-state index contributed by atoms with van der Waals surface area (Å²) >= 11 is 0. The lowest BCUT2D eigenvalue weighted by Gasteiger charge is -2.34. The lowest BCUT2D eigenvalue weighted by Crippen LogP contribution is -2.34. The minimum Gasteiger partial charge on any atom is -0.376 e. The third kappa shape index (κ3) is 6.41. The van der Waals surface area contributed by atoms with Gasteiger partial charge in [0.25, 0.3) is 5.91 Å². The molecule has 1 saturated carbocycles. The van der Waals surface area contributed by atoms with Crippen molar-refractivity contribution in [3.05, 3.63) is 71.3 Å². The number of benzene rings is 1. The Bertz CT molecular complexity index is 1320. The highest BCUT2D eigenvalue weighted by atomic mass is 16.7. The number of nitrogens with zero attached hydrogens (tertiary/aromatic N) is 4. The fourth-order valence-electron chi connectivity index (χ4n) is 5.44. The van der Waals surface area contributed by atoms with E-state index >= 15 is 0 Å². The minimum atomic E-state index is -0.652. The normalized spacial score (nSPS) is 22.9. The van der Waals surface area contributed by atoms with Crippen molar-refractivity contribution < 1.29 is 19.0 Å². The summed E-state index contributed by atoms with van der Waals surface area (Å²) in [6.07, 6.45) is 9.34. The highest BCUT2D eigenvalue weighted by molar-refractivity contribution is 6.04. The van der Waals surface area contributed by atoms with Gasteiger partial charge in [-0.15, -0.1) is 0 Å². The van der Waals surface area contributed by atoms with Crippen LogP contribution in [0.15, 0.2) is 48.8 Å². The second-order valence-electron chi connectivity index (χ2n) is 10.7. The van der Waals surface area contributed by atoms with Gasteiger partial charge in [0.05, 0.1) is 71.5 Å². The van der Waals surface area contributed by atoms with Gasteiger partial charge >= 0.3 is 0 Å². The lowest BCUT2D eigenvalue weighted by molar-refractivity contribution is -0.172. The average Bonchev–Trinajstić information content (AvgIpc) is 3.38. The summed E-state index contributed by atoms with van der Waals surface area (Å²) in [5.41, 5.74) is 3.96. The second kappa shape index (κ2) is 12.7. The Hall–Kier alpha value is -3.58. The zero-order chi connectivity index (χ0) is 28.0. The van der Waals surface area contributed by atoms with Gasteiger partial charge in [-0.2, -0.15) is 10.4 Å². The maximum absolute atomic E-state index is 13.0. The van der Waals surface area contributed by atoms with E-state index in [1.165, 1.54) is 0 Å². The largest absolute Gasteiger partial charge is 0.376 e. The molecule has 1 amide bonds. The third-order valence-electron chi connectivity index (χ3n) is 7.92.